The molecule has 1 aromatic carbocycles. The van der Waals surface area contributed by atoms with Crippen molar-refractivity contribution in [1.82, 2.24) is 9.80 Å². The molecule has 3 fully saturated rings. The lowest BCUT2D eigenvalue weighted by Crippen LogP contribution is -2.57. The molecule has 0 saturated carbocycles. The number of benzene rings is 1. The third-order valence-corrected chi connectivity index (χ3v) is 8.39. The highest BCUT2D eigenvalue weighted by molar-refractivity contribution is 6.03. The summed E-state index contributed by atoms with van der Waals surface area (Å²) in [6.07, 6.45) is 4.33. The molecule has 0 radical (unpaired) electrons. The van der Waals surface area contributed by atoms with Crippen LogP contribution < -0.4 is 9.64 Å². The minimum absolute atomic E-state index is 0.0102. The van der Waals surface area contributed by atoms with E-state index < -0.39 is 29.1 Å². The van der Waals surface area contributed by atoms with Gasteiger partial charge in [0, 0.05) is 31.4 Å². The molecule has 1 spiro atoms. The molecule has 9 nitrogen and oxygen atoms in total. The van der Waals surface area contributed by atoms with E-state index in [1.54, 1.807) is 34.1 Å². The average molecular weight is 540 g/mol. The minimum Gasteiger partial charge on any atom is -0.494 e. The maximum Gasteiger partial charge on any atom is 0.248 e. The molecule has 3 amide bonds. The third-order valence-electron chi connectivity index (χ3n) is 8.39. The average Bonchev–Trinajstić information content (AvgIpc) is 3.47. The third kappa shape index (κ3) is 4.65. The summed E-state index contributed by atoms with van der Waals surface area (Å²) in [4.78, 5) is 47.2. The number of fused-ring (bicyclic) bond motifs is 1. The molecule has 0 aliphatic carbocycles. The number of carbonyl (C=O) groups is 3. The summed E-state index contributed by atoms with van der Waals surface area (Å²) in [6.45, 7) is 16.0. The maximum absolute atomic E-state index is 14.4. The summed E-state index contributed by atoms with van der Waals surface area (Å²) in [5.41, 5.74) is -1.40. The van der Waals surface area contributed by atoms with Gasteiger partial charge in [-0.15, -0.1) is 13.2 Å². The van der Waals surface area contributed by atoms with Crippen molar-refractivity contribution in [3.63, 3.8) is 0 Å². The van der Waals surface area contributed by atoms with Gasteiger partial charge in [-0.3, -0.25) is 14.4 Å². The van der Waals surface area contributed by atoms with Crippen LogP contribution in [0.3, 0.4) is 0 Å². The van der Waals surface area contributed by atoms with Gasteiger partial charge in [-0.2, -0.15) is 0 Å². The Hall–Kier alpha value is -3.17. The Morgan fingerprint density at radius 1 is 1.18 bits per heavy atom. The number of nitrogens with zero attached hydrogens (tertiary/aromatic N) is 3. The van der Waals surface area contributed by atoms with Gasteiger partial charge in [-0.25, -0.2) is 0 Å². The van der Waals surface area contributed by atoms with E-state index in [0.29, 0.717) is 37.4 Å². The smallest absolute Gasteiger partial charge is 0.248 e. The van der Waals surface area contributed by atoms with Gasteiger partial charge < -0.3 is 29.3 Å². The van der Waals surface area contributed by atoms with E-state index in [9.17, 15) is 19.5 Å². The normalized spacial score (nSPS) is 28.9. The molecule has 4 rings (SSSR count). The fourth-order valence-corrected chi connectivity index (χ4v) is 6.79. The molecule has 39 heavy (non-hydrogen) atoms. The number of ether oxygens (including phenoxy) is 2. The molecule has 2 unspecified atom stereocenters. The zero-order valence-electron chi connectivity index (χ0n) is 23.5. The molecule has 1 N–H and O–H groups in total. The van der Waals surface area contributed by atoms with Gasteiger partial charge in [-0.1, -0.05) is 12.2 Å². The molecular weight excluding hydrogens is 498 g/mol. The van der Waals surface area contributed by atoms with Crippen molar-refractivity contribution in [2.24, 2.45) is 11.8 Å². The first-order valence-corrected chi connectivity index (χ1v) is 13.8. The molecule has 3 saturated heterocycles. The molecule has 9 heteroatoms. The van der Waals surface area contributed by atoms with Crippen molar-refractivity contribution in [1.29, 1.82) is 0 Å². The predicted molar refractivity (Wildman–Crippen MR) is 148 cm³/mol. The number of carbonyl (C=O) groups excluding carboxylic acids is 3. The number of anilines is 1. The molecule has 212 valence electrons. The zero-order chi connectivity index (χ0) is 28.5. The van der Waals surface area contributed by atoms with Crippen LogP contribution in [0.1, 0.15) is 40.5 Å². The first kappa shape index (κ1) is 28.8. The van der Waals surface area contributed by atoms with E-state index in [1.807, 2.05) is 39.8 Å². The van der Waals surface area contributed by atoms with Crippen LogP contribution in [0.4, 0.5) is 5.69 Å². The van der Waals surface area contributed by atoms with E-state index >= 15 is 0 Å². The SMILES string of the molecule is C=CCN(C(=O)[C@@H]1[C@H]2C(=O)N(CCO)C(C(=O)N(CC=C)C(C)C)C23CC[C@@]1(C)O3)c1ccc(OCC)cc1. The van der Waals surface area contributed by atoms with Gasteiger partial charge in [0.25, 0.3) is 0 Å². The first-order valence-electron chi connectivity index (χ1n) is 13.8. The van der Waals surface area contributed by atoms with Gasteiger partial charge in [0.15, 0.2) is 0 Å². The molecule has 5 atom stereocenters. The van der Waals surface area contributed by atoms with Crippen molar-refractivity contribution in [3.8, 4) is 5.75 Å². The molecule has 3 heterocycles. The van der Waals surface area contributed by atoms with Crippen molar-refractivity contribution in [2.45, 2.75) is 63.8 Å². The summed E-state index contributed by atoms with van der Waals surface area (Å²) in [7, 11) is 0. The Labute approximate surface area is 231 Å². The van der Waals surface area contributed by atoms with Crippen molar-refractivity contribution < 1.29 is 29.0 Å². The number of hydrogen-bond donors (Lipinski definition) is 1. The summed E-state index contributed by atoms with van der Waals surface area (Å²) in [5.74, 6) is -1.75. The number of rotatable bonds is 12. The summed E-state index contributed by atoms with van der Waals surface area (Å²) < 4.78 is 12.3. The summed E-state index contributed by atoms with van der Waals surface area (Å²) >= 11 is 0. The molecular formula is C30H41N3O6. The summed E-state index contributed by atoms with van der Waals surface area (Å²) in [6, 6.07) is 6.18. The highest BCUT2D eigenvalue weighted by Crippen LogP contribution is 2.63. The van der Waals surface area contributed by atoms with Crippen LogP contribution in [0.5, 0.6) is 5.75 Å². The standard InChI is InChI=1S/C30H41N3O6/c1-7-16-31(20(4)5)28(37)25-30-15-14-29(6,39-30)23(24(30)27(36)33(25)18-19-34)26(35)32(17-8-2)21-10-12-22(13-11-21)38-9-3/h7-8,10-13,20,23-25,34H,1-2,9,14-19H2,3-6H3/t23-,24-,25?,29+,30?/m0/s1. The Kier molecular flexibility index (Phi) is 8.23. The lowest BCUT2D eigenvalue weighted by atomic mass is 9.66. The van der Waals surface area contributed by atoms with Crippen molar-refractivity contribution >= 4 is 23.4 Å². The fourth-order valence-electron chi connectivity index (χ4n) is 6.79. The minimum atomic E-state index is -1.15. The number of β-amino-alcohol motifs (C(OH)–C–C–N with tert-alkyl or cyclic N) is 1. The first-order chi connectivity index (χ1) is 18.6. The molecule has 3 aliphatic rings. The fraction of sp³-hybridized carbons (Fsp3) is 0.567. The van der Waals surface area contributed by atoms with Crippen LogP contribution in [-0.4, -0.2) is 88.8 Å². The largest absolute Gasteiger partial charge is 0.494 e. The quantitative estimate of drug-likeness (QED) is 0.410. The van der Waals surface area contributed by atoms with Crippen molar-refractivity contribution in [3.05, 3.63) is 49.6 Å². The van der Waals surface area contributed by atoms with Crippen LogP contribution in [-0.2, 0) is 19.1 Å². The van der Waals surface area contributed by atoms with Crippen LogP contribution in [0, 0.1) is 11.8 Å². The molecule has 1 aromatic rings. The van der Waals surface area contributed by atoms with Gasteiger partial charge in [0.2, 0.25) is 17.7 Å². The van der Waals surface area contributed by atoms with Gasteiger partial charge in [0.1, 0.15) is 17.4 Å². The second-order valence-electron chi connectivity index (χ2n) is 11.0. The molecule has 3 aliphatic heterocycles. The Morgan fingerprint density at radius 2 is 1.85 bits per heavy atom. The van der Waals surface area contributed by atoms with E-state index in [4.69, 9.17) is 9.47 Å². The van der Waals surface area contributed by atoms with Gasteiger partial charge in [0.05, 0.1) is 30.7 Å². The Balaban J connectivity index is 1.75. The monoisotopic (exact) mass is 539 g/mol. The Bertz CT molecular complexity index is 1120. The number of hydrogen-bond acceptors (Lipinski definition) is 6. The van der Waals surface area contributed by atoms with Gasteiger partial charge in [-0.05, 0) is 64.8 Å². The van der Waals surface area contributed by atoms with E-state index in [-0.39, 0.29) is 43.5 Å². The second kappa shape index (κ2) is 11.1. The number of aliphatic hydroxyl groups is 1. The number of aliphatic hydroxyl groups excluding tert-OH is 1. The molecule has 0 aromatic heterocycles. The van der Waals surface area contributed by atoms with Crippen LogP contribution in [0.15, 0.2) is 49.6 Å². The second-order valence-corrected chi connectivity index (χ2v) is 11.0. The number of likely N-dealkylation sites (tertiary alicyclic amines) is 1. The van der Waals surface area contributed by atoms with E-state index in [0.717, 1.165) is 0 Å². The highest BCUT2D eigenvalue weighted by atomic mass is 16.5. The lowest BCUT2D eigenvalue weighted by molar-refractivity contribution is -0.152. The van der Waals surface area contributed by atoms with Crippen molar-refractivity contribution in [2.75, 3.05) is 37.7 Å². The predicted octanol–water partition coefficient (Wildman–Crippen LogP) is 2.78. The molecule has 2 bridgehead atoms. The van der Waals surface area contributed by atoms with Gasteiger partial charge >= 0.3 is 0 Å². The van der Waals surface area contributed by atoms with E-state index in [1.165, 1.54) is 4.90 Å². The zero-order valence-corrected chi connectivity index (χ0v) is 23.5. The number of amides is 3. The maximum atomic E-state index is 14.4. The summed E-state index contributed by atoms with van der Waals surface area (Å²) in [5, 5.41) is 9.85. The lowest BCUT2D eigenvalue weighted by Gasteiger charge is -2.38. The van der Waals surface area contributed by atoms with Crippen LogP contribution >= 0.6 is 0 Å². The Morgan fingerprint density at radius 3 is 2.41 bits per heavy atom. The van der Waals surface area contributed by atoms with E-state index in [2.05, 4.69) is 13.2 Å². The highest BCUT2D eigenvalue weighted by Gasteiger charge is 2.78. The van der Waals surface area contributed by atoms with Crippen LogP contribution in [0.2, 0.25) is 0 Å². The van der Waals surface area contributed by atoms with Crippen LogP contribution in [0.25, 0.3) is 0 Å². The topological polar surface area (TPSA) is 99.6 Å².